The molecule has 196 valence electrons. The standard InChI is InChI=1S/C27H39N5O4/c1-27(2,3)24(26(35)32-15-20(28)23-22(32)21(33)16-36-23)29-25(34)17-7-9-19(10-8-17)31-13-11-30(12-14-31)18-5-4-6-18/h7-10,18,20,22-24H,4-6,11-16,28H2,1-3H3,(H,29,34)/t20-,22-,23-,24-/m1/s1. The highest BCUT2D eigenvalue weighted by molar-refractivity contribution is 5.99. The van der Waals surface area contributed by atoms with Crippen LogP contribution in [0.25, 0.3) is 0 Å². The molecule has 3 heterocycles. The number of carbonyl (C=O) groups is 3. The van der Waals surface area contributed by atoms with Gasteiger partial charge in [0.05, 0.1) is 6.04 Å². The number of nitrogens with zero attached hydrogens (tertiary/aromatic N) is 3. The molecule has 4 aliphatic rings. The van der Waals surface area contributed by atoms with Crippen molar-refractivity contribution in [2.24, 2.45) is 11.1 Å². The van der Waals surface area contributed by atoms with E-state index in [0.29, 0.717) is 5.56 Å². The van der Waals surface area contributed by atoms with E-state index in [4.69, 9.17) is 10.5 Å². The van der Waals surface area contributed by atoms with Crippen molar-refractivity contribution in [2.75, 3.05) is 44.2 Å². The van der Waals surface area contributed by atoms with Crippen molar-refractivity contribution in [2.45, 2.75) is 70.3 Å². The summed E-state index contributed by atoms with van der Waals surface area (Å²) in [6.45, 7) is 10.1. The Bertz CT molecular complexity index is 994. The van der Waals surface area contributed by atoms with Crippen molar-refractivity contribution in [1.82, 2.24) is 15.1 Å². The first-order chi connectivity index (χ1) is 17.1. The average molecular weight is 498 g/mol. The Labute approximate surface area is 213 Å². The minimum Gasteiger partial charge on any atom is -0.369 e. The highest BCUT2D eigenvalue weighted by Gasteiger charge is 2.53. The van der Waals surface area contributed by atoms with Crippen LogP contribution in [-0.2, 0) is 14.3 Å². The smallest absolute Gasteiger partial charge is 0.251 e. The maximum absolute atomic E-state index is 13.6. The van der Waals surface area contributed by atoms with E-state index in [1.54, 1.807) is 0 Å². The van der Waals surface area contributed by atoms with Crippen molar-refractivity contribution < 1.29 is 19.1 Å². The number of hydrogen-bond acceptors (Lipinski definition) is 7. The van der Waals surface area contributed by atoms with Gasteiger partial charge in [-0.2, -0.15) is 0 Å². The fraction of sp³-hybridized carbons (Fsp3) is 0.667. The van der Waals surface area contributed by atoms with Crippen molar-refractivity contribution in [1.29, 1.82) is 0 Å². The third-order valence-corrected chi connectivity index (χ3v) is 8.30. The molecule has 4 fully saturated rings. The molecular weight excluding hydrogens is 458 g/mol. The van der Waals surface area contributed by atoms with E-state index in [1.807, 2.05) is 45.0 Å². The summed E-state index contributed by atoms with van der Waals surface area (Å²) in [6.07, 6.45) is 3.55. The number of hydrogen-bond donors (Lipinski definition) is 2. The van der Waals surface area contributed by atoms with E-state index in [-0.39, 0.29) is 30.7 Å². The zero-order chi connectivity index (χ0) is 25.6. The number of nitrogens with two attached hydrogens (primary N) is 1. The Morgan fingerprint density at radius 2 is 1.75 bits per heavy atom. The van der Waals surface area contributed by atoms with E-state index in [2.05, 4.69) is 15.1 Å². The highest BCUT2D eigenvalue weighted by atomic mass is 16.5. The molecule has 4 atom stereocenters. The molecule has 5 rings (SSSR count). The van der Waals surface area contributed by atoms with Gasteiger partial charge >= 0.3 is 0 Å². The van der Waals surface area contributed by atoms with Crippen molar-refractivity contribution in [3.05, 3.63) is 29.8 Å². The topological polar surface area (TPSA) is 108 Å². The first-order valence-corrected chi connectivity index (χ1v) is 13.2. The van der Waals surface area contributed by atoms with Crippen LogP contribution in [0.2, 0.25) is 0 Å². The maximum atomic E-state index is 13.6. The number of fused-ring (bicyclic) bond motifs is 1. The molecule has 0 bridgehead atoms. The van der Waals surface area contributed by atoms with Crippen LogP contribution < -0.4 is 16.0 Å². The molecule has 2 amide bonds. The lowest BCUT2D eigenvalue weighted by Gasteiger charge is -2.43. The summed E-state index contributed by atoms with van der Waals surface area (Å²) in [5.41, 5.74) is 7.21. The molecular formula is C27H39N5O4. The summed E-state index contributed by atoms with van der Waals surface area (Å²) in [6, 6.07) is 6.51. The van der Waals surface area contributed by atoms with Crippen LogP contribution in [0.15, 0.2) is 24.3 Å². The number of Topliss-reactive ketones (excluding diaryl/α,β-unsaturated/α-hetero) is 1. The first-order valence-electron chi connectivity index (χ1n) is 13.2. The Morgan fingerprint density at radius 3 is 2.33 bits per heavy atom. The molecule has 1 saturated carbocycles. The molecule has 1 aromatic carbocycles. The number of anilines is 1. The fourth-order valence-electron chi connectivity index (χ4n) is 5.87. The fourth-order valence-corrected chi connectivity index (χ4v) is 5.87. The number of nitrogens with one attached hydrogen (secondary N) is 1. The summed E-state index contributed by atoms with van der Waals surface area (Å²) >= 11 is 0. The van der Waals surface area contributed by atoms with Gasteiger partial charge in [0.1, 0.15) is 24.8 Å². The van der Waals surface area contributed by atoms with Crippen molar-refractivity contribution in [3.8, 4) is 0 Å². The van der Waals surface area contributed by atoms with Crippen LogP contribution in [0.3, 0.4) is 0 Å². The summed E-state index contributed by atoms with van der Waals surface area (Å²) in [5.74, 6) is -0.735. The number of rotatable bonds is 5. The quantitative estimate of drug-likeness (QED) is 0.625. The Morgan fingerprint density at radius 1 is 1.08 bits per heavy atom. The van der Waals surface area contributed by atoms with E-state index in [1.165, 1.54) is 24.2 Å². The van der Waals surface area contributed by atoms with E-state index >= 15 is 0 Å². The summed E-state index contributed by atoms with van der Waals surface area (Å²) < 4.78 is 5.52. The predicted octanol–water partition coefficient (Wildman–Crippen LogP) is 1.01. The molecule has 3 saturated heterocycles. The van der Waals surface area contributed by atoms with Crippen molar-refractivity contribution >= 4 is 23.3 Å². The molecule has 1 aromatic rings. The van der Waals surface area contributed by atoms with Gasteiger partial charge in [-0.15, -0.1) is 0 Å². The molecule has 3 N–H and O–H groups in total. The SMILES string of the molecule is CC(C)(C)[C@H](NC(=O)c1ccc(N2CCN(C3CCC3)CC2)cc1)C(=O)N1C[C@@H](N)[C@H]2OCC(=O)[C@H]21. The molecule has 0 spiro atoms. The van der Waals surface area contributed by atoms with Gasteiger partial charge in [0.15, 0.2) is 5.78 Å². The Kier molecular flexibility index (Phi) is 6.82. The lowest BCUT2D eigenvalue weighted by Crippen LogP contribution is -2.57. The van der Waals surface area contributed by atoms with Crippen LogP contribution >= 0.6 is 0 Å². The Hall–Kier alpha value is -2.49. The zero-order valence-corrected chi connectivity index (χ0v) is 21.6. The monoisotopic (exact) mass is 497 g/mol. The van der Waals surface area contributed by atoms with Gasteiger partial charge < -0.3 is 25.6 Å². The van der Waals surface area contributed by atoms with E-state index < -0.39 is 29.6 Å². The van der Waals surface area contributed by atoms with Gasteiger partial charge in [-0.25, -0.2) is 0 Å². The number of likely N-dealkylation sites (tertiary alicyclic amines) is 1. The molecule has 1 aliphatic carbocycles. The van der Waals surface area contributed by atoms with Gasteiger partial charge in [0.2, 0.25) is 5.91 Å². The zero-order valence-electron chi connectivity index (χ0n) is 21.6. The van der Waals surface area contributed by atoms with Gasteiger partial charge in [-0.05, 0) is 42.5 Å². The number of benzene rings is 1. The van der Waals surface area contributed by atoms with Crippen LogP contribution in [0, 0.1) is 5.41 Å². The maximum Gasteiger partial charge on any atom is 0.251 e. The predicted molar refractivity (Wildman–Crippen MR) is 137 cm³/mol. The van der Waals surface area contributed by atoms with Crippen LogP contribution in [0.5, 0.6) is 0 Å². The second kappa shape index (κ2) is 9.76. The van der Waals surface area contributed by atoms with E-state index in [0.717, 1.165) is 37.9 Å². The molecule has 0 aromatic heterocycles. The number of carbonyl (C=O) groups excluding carboxylic acids is 3. The second-order valence-corrected chi connectivity index (χ2v) is 11.8. The average Bonchev–Trinajstić information content (AvgIpc) is 3.36. The molecule has 9 nitrogen and oxygen atoms in total. The normalized spacial score (nSPS) is 28.1. The number of amides is 2. The molecule has 3 aliphatic heterocycles. The van der Waals surface area contributed by atoms with Crippen LogP contribution in [0.1, 0.15) is 50.4 Å². The third kappa shape index (κ3) is 4.76. The lowest BCUT2D eigenvalue weighted by molar-refractivity contribution is -0.140. The largest absolute Gasteiger partial charge is 0.369 e. The minimum atomic E-state index is -0.802. The molecule has 9 heteroatoms. The van der Waals surface area contributed by atoms with Gasteiger partial charge in [-0.1, -0.05) is 27.2 Å². The van der Waals surface area contributed by atoms with E-state index in [9.17, 15) is 14.4 Å². The summed E-state index contributed by atoms with van der Waals surface area (Å²) in [5, 5.41) is 2.95. The summed E-state index contributed by atoms with van der Waals surface area (Å²) in [7, 11) is 0. The van der Waals surface area contributed by atoms with Crippen LogP contribution in [-0.4, -0.2) is 97.0 Å². The first kappa shape index (κ1) is 25.2. The number of piperazine rings is 1. The van der Waals surface area contributed by atoms with Crippen LogP contribution in [0.4, 0.5) is 5.69 Å². The molecule has 0 radical (unpaired) electrons. The lowest BCUT2D eigenvalue weighted by atomic mass is 9.85. The van der Waals surface area contributed by atoms with Crippen molar-refractivity contribution in [3.63, 3.8) is 0 Å². The van der Waals surface area contributed by atoms with Gasteiger partial charge in [-0.3, -0.25) is 19.3 Å². The summed E-state index contributed by atoms with van der Waals surface area (Å²) in [4.78, 5) is 45.7. The molecule has 36 heavy (non-hydrogen) atoms. The third-order valence-electron chi connectivity index (χ3n) is 8.30. The van der Waals surface area contributed by atoms with Gasteiger partial charge in [0, 0.05) is 50.0 Å². The highest BCUT2D eigenvalue weighted by Crippen LogP contribution is 2.31. The second-order valence-electron chi connectivity index (χ2n) is 11.8. The number of ketones is 1. The number of ether oxygens (including phenoxy) is 1. The van der Waals surface area contributed by atoms with Gasteiger partial charge in [0.25, 0.3) is 5.91 Å². The Balaban J connectivity index is 1.23. The molecule has 0 unspecified atom stereocenters. The minimum absolute atomic E-state index is 0.0265.